The van der Waals surface area contributed by atoms with Crippen molar-refractivity contribution in [2.24, 2.45) is 0 Å². The van der Waals surface area contributed by atoms with Crippen LogP contribution in [0, 0.1) is 0 Å². The van der Waals surface area contributed by atoms with Crippen molar-refractivity contribution in [3.8, 4) is 0 Å². The number of aliphatic hydroxyl groups is 2. The molecule has 0 saturated heterocycles. The van der Waals surface area contributed by atoms with Gasteiger partial charge in [-0.1, -0.05) is 46.3 Å². The third-order valence-corrected chi connectivity index (χ3v) is 3.14. The van der Waals surface area contributed by atoms with E-state index in [1.807, 2.05) is 18.2 Å². The van der Waals surface area contributed by atoms with Crippen LogP contribution in [-0.2, 0) is 5.33 Å². The molecule has 0 spiro atoms. The van der Waals surface area contributed by atoms with Gasteiger partial charge in [-0.15, -0.1) is 0 Å². The molecule has 0 aromatic heterocycles. The molecule has 0 unspecified atom stereocenters. The lowest BCUT2D eigenvalue weighted by molar-refractivity contribution is -0.107. The van der Waals surface area contributed by atoms with Crippen LogP contribution in [0.15, 0.2) is 30.3 Å². The standard InChI is InChI=1S/C7H7Br.C6H14O2.BH3O3/c8-6-7-4-2-1-3-5-7;1-5(2,7)6(3,4)8;2-1(3)4/h1-5H,6H2;7-8H,1-4H3;2-4H. The predicted octanol–water partition coefficient (Wildman–Crippen LogP) is 1.06. The summed E-state index contributed by atoms with van der Waals surface area (Å²) in [4.78, 5) is 0. The van der Waals surface area contributed by atoms with Crippen molar-refractivity contribution < 1.29 is 25.3 Å². The van der Waals surface area contributed by atoms with Gasteiger partial charge in [0.1, 0.15) is 0 Å². The molecule has 116 valence electrons. The highest BCUT2D eigenvalue weighted by Gasteiger charge is 2.31. The minimum Gasteiger partial charge on any atom is -0.402 e. The summed E-state index contributed by atoms with van der Waals surface area (Å²) in [6, 6.07) is 10.3. The van der Waals surface area contributed by atoms with E-state index in [0.29, 0.717) is 0 Å². The Morgan fingerprint density at radius 2 is 1.20 bits per heavy atom. The van der Waals surface area contributed by atoms with E-state index in [-0.39, 0.29) is 0 Å². The molecule has 5 N–H and O–H groups in total. The lowest BCUT2D eigenvalue weighted by atomic mass is 9.90. The maximum absolute atomic E-state index is 9.10. The van der Waals surface area contributed by atoms with E-state index in [1.54, 1.807) is 27.7 Å². The molecule has 5 nitrogen and oxygen atoms in total. The van der Waals surface area contributed by atoms with Crippen LogP contribution in [0.3, 0.4) is 0 Å². The van der Waals surface area contributed by atoms with Gasteiger partial charge in [0.15, 0.2) is 0 Å². The molecule has 1 rings (SSSR count). The van der Waals surface area contributed by atoms with Crippen LogP contribution in [0.5, 0.6) is 0 Å². The van der Waals surface area contributed by atoms with Crippen molar-refractivity contribution >= 4 is 23.3 Å². The van der Waals surface area contributed by atoms with Gasteiger partial charge in [0.05, 0.1) is 11.2 Å². The molecular formula is C13H24BBrO5. The fraction of sp³-hybridized carbons (Fsp3) is 0.538. The number of rotatable bonds is 2. The molecule has 0 heterocycles. The zero-order chi connectivity index (χ0) is 16.4. The largest absolute Gasteiger partial charge is 0.631 e. The summed E-state index contributed by atoms with van der Waals surface area (Å²) in [6.45, 7) is 6.31. The van der Waals surface area contributed by atoms with Crippen LogP contribution in [0.4, 0.5) is 0 Å². The first kappa shape index (κ1) is 21.9. The second-order valence-corrected chi connectivity index (χ2v) is 5.64. The van der Waals surface area contributed by atoms with Crippen molar-refractivity contribution in [3.05, 3.63) is 35.9 Å². The van der Waals surface area contributed by atoms with E-state index in [9.17, 15) is 0 Å². The molecule has 0 atom stereocenters. The average molecular weight is 351 g/mol. The predicted molar refractivity (Wildman–Crippen MR) is 84.1 cm³/mol. The number of halogens is 1. The van der Waals surface area contributed by atoms with E-state index in [4.69, 9.17) is 25.3 Å². The lowest BCUT2D eigenvalue weighted by Crippen LogP contribution is -2.44. The molecule has 7 heteroatoms. The summed E-state index contributed by atoms with van der Waals surface area (Å²) in [5, 5.41) is 40.7. The monoisotopic (exact) mass is 350 g/mol. The van der Waals surface area contributed by atoms with Crippen LogP contribution in [-0.4, -0.2) is 43.8 Å². The van der Waals surface area contributed by atoms with Crippen molar-refractivity contribution in [2.45, 2.75) is 44.2 Å². The Morgan fingerprint density at radius 1 is 0.900 bits per heavy atom. The lowest BCUT2D eigenvalue weighted by Gasteiger charge is -2.31. The van der Waals surface area contributed by atoms with Gasteiger partial charge in [0, 0.05) is 5.33 Å². The van der Waals surface area contributed by atoms with Gasteiger partial charge in [0.25, 0.3) is 0 Å². The summed E-state index contributed by atoms with van der Waals surface area (Å²) in [5.41, 5.74) is -0.687. The zero-order valence-corrected chi connectivity index (χ0v) is 13.9. The summed E-state index contributed by atoms with van der Waals surface area (Å²) < 4.78 is 0. The summed E-state index contributed by atoms with van der Waals surface area (Å²) in [5.74, 6) is 0. The van der Waals surface area contributed by atoms with E-state index < -0.39 is 18.5 Å². The minimum absolute atomic E-state index is 0.952. The first-order chi connectivity index (χ1) is 8.91. The van der Waals surface area contributed by atoms with Crippen LogP contribution in [0.1, 0.15) is 33.3 Å². The van der Waals surface area contributed by atoms with Crippen molar-refractivity contribution in [1.29, 1.82) is 0 Å². The summed E-state index contributed by atoms with van der Waals surface area (Å²) in [6.07, 6.45) is 0. The van der Waals surface area contributed by atoms with Crippen molar-refractivity contribution in [1.82, 2.24) is 0 Å². The highest BCUT2D eigenvalue weighted by molar-refractivity contribution is 9.08. The van der Waals surface area contributed by atoms with Crippen molar-refractivity contribution in [2.75, 3.05) is 0 Å². The van der Waals surface area contributed by atoms with E-state index in [2.05, 4.69) is 28.1 Å². The Labute approximate surface area is 129 Å². The molecule has 20 heavy (non-hydrogen) atoms. The highest BCUT2D eigenvalue weighted by Crippen LogP contribution is 2.19. The summed E-state index contributed by atoms with van der Waals surface area (Å²) >= 11 is 3.36. The third-order valence-electron chi connectivity index (χ3n) is 2.49. The number of hydrogen-bond donors (Lipinski definition) is 5. The summed E-state index contributed by atoms with van der Waals surface area (Å²) in [7, 11) is -2.17. The Morgan fingerprint density at radius 3 is 1.35 bits per heavy atom. The van der Waals surface area contributed by atoms with Crippen LogP contribution < -0.4 is 0 Å². The van der Waals surface area contributed by atoms with Crippen LogP contribution >= 0.6 is 15.9 Å². The van der Waals surface area contributed by atoms with E-state index >= 15 is 0 Å². The van der Waals surface area contributed by atoms with Crippen molar-refractivity contribution in [3.63, 3.8) is 0 Å². The van der Waals surface area contributed by atoms with E-state index in [0.717, 1.165) is 5.33 Å². The van der Waals surface area contributed by atoms with Gasteiger partial charge in [-0.3, -0.25) is 0 Å². The number of hydrogen-bond acceptors (Lipinski definition) is 5. The zero-order valence-electron chi connectivity index (χ0n) is 12.3. The van der Waals surface area contributed by atoms with Gasteiger partial charge in [0.2, 0.25) is 0 Å². The van der Waals surface area contributed by atoms with E-state index in [1.165, 1.54) is 5.56 Å². The molecule has 0 aliphatic rings. The molecule has 1 aromatic carbocycles. The quantitative estimate of drug-likeness (QED) is 0.405. The topological polar surface area (TPSA) is 101 Å². The second-order valence-electron chi connectivity index (χ2n) is 5.08. The van der Waals surface area contributed by atoms with Crippen LogP contribution in [0.25, 0.3) is 0 Å². The molecule has 0 radical (unpaired) electrons. The average Bonchev–Trinajstić information content (AvgIpc) is 2.27. The Balaban J connectivity index is 0. The molecule has 0 saturated carbocycles. The maximum atomic E-state index is 9.10. The Kier molecular flexibility index (Phi) is 11.3. The third kappa shape index (κ3) is 14.0. The molecule has 0 bridgehead atoms. The fourth-order valence-electron chi connectivity index (χ4n) is 0.567. The highest BCUT2D eigenvalue weighted by atomic mass is 79.9. The molecule has 0 fully saturated rings. The normalized spacial score (nSPS) is 10.7. The van der Waals surface area contributed by atoms with Crippen LogP contribution in [0.2, 0.25) is 0 Å². The van der Waals surface area contributed by atoms with Gasteiger partial charge in [-0.25, -0.2) is 0 Å². The number of benzene rings is 1. The smallest absolute Gasteiger partial charge is 0.402 e. The molecular weight excluding hydrogens is 327 g/mol. The molecule has 1 aromatic rings. The van der Waals surface area contributed by atoms with Gasteiger partial charge in [-0.05, 0) is 33.3 Å². The molecule has 0 aliphatic carbocycles. The first-order valence-electron chi connectivity index (χ1n) is 6.00. The molecule has 0 amide bonds. The van der Waals surface area contributed by atoms with Gasteiger partial charge in [-0.2, -0.15) is 0 Å². The first-order valence-corrected chi connectivity index (χ1v) is 7.12. The minimum atomic E-state index is -2.17. The SMILES string of the molecule is BrCc1ccccc1.CC(C)(O)C(C)(C)O.OB(O)O. The number of alkyl halides is 1. The van der Waals surface area contributed by atoms with Gasteiger partial charge < -0.3 is 25.3 Å². The second kappa shape index (κ2) is 10.3. The maximum Gasteiger partial charge on any atom is 0.631 e. The molecule has 0 aliphatic heterocycles. The Bertz CT molecular complexity index is 318. The fourth-order valence-corrected chi connectivity index (χ4v) is 0.941. The van der Waals surface area contributed by atoms with Gasteiger partial charge >= 0.3 is 7.32 Å². The Hall–Kier alpha value is -0.435.